The van der Waals surface area contributed by atoms with E-state index in [0.29, 0.717) is 36.3 Å². The van der Waals surface area contributed by atoms with Gasteiger partial charge in [0.05, 0.1) is 24.7 Å². The Morgan fingerprint density at radius 2 is 1.56 bits per heavy atom. The molecule has 0 bridgehead atoms. The summed E-state index contributed by atoms with van der Waals surface area (Å²) in [4.78, 5) is 28.5. The fraction of sp³-hybridized carbons (Fsp3) is 0.545. The Morgan fingerprint density at radius 1 is 0.897 bits per heavy atom. The molecule has 6 heteroatoms. The first-order valence-corrected chi connectivity index (χ1v) is 14.9. The molecule has 0 amide bonds. The molecule has 0 atom stereocenters. The monoisotopic (exact) mass is 533 g/mol. The molecule has 1 aromatic carbocycles. The molecule has 1 fully saturated rings. The van der Waals surface area contributed by atoms with Crippen LogP contribution in [0.4, 0.5) is 0 Å². The Kier molecular flexibility index (Phi) is 11.0. The second-order valence-corrected chi connectivity index (χ2v) is 11.1. The lowest BCUT2D eigenvalue weighted by Crippen LogP contribution is -2.12. The molecule has 2 aromatic heterocycles. The van der Waals surface area contributed by atoms with E-state index in [9.17, 15) is 9.59 Å². The maximum Gasteiger partial charge on any atom is 0.345 e. The third-order valence-electron chi connectivity index (χ3n) is 7.32. The average molecular weight is 534 g/mol. The van der Waals surface area contributed by atoms with Gasteiger partial charge in [0.15, 0.2) is 0 Å². The van der Waals surface area contributed by atoms with Crippen LogP contribution in [0.2, 0.25) is 0 Å². The first kappa shape index (κ1) is 28.8. The van der Waals surface area contributed by atoms with Gasteiger partial charge in [-0.1, -0.05) is 89.5 Å². The fourth-order valence-electron chi connectivity index (χ4n) is 4.78. The molecular weight excluding hydrogens is 490 g/mol. The average Bonchev–Trinajstić information content (AvgIpc) is 3.78. The quantitative estimate of drug-likeness (QED) is 0.128. The van der Waals surface area contributed by atoms with Crippen molar-refractivity contribution in [3.8, 4) is 17.0 Å². The van der Waals surface area contributed by atoms with Crippen LogP contribution in [0.15, 0.2) is 51.7 Å². The largest absolute Gasteiger partial charge is 0.478 e. The lowest BCUT2D eigenvalue weighted by Gasteiger charge is -2.08. The van der Waals surface area contributed by atoms with Crippen LogP contribution in [-0.4, -0.2) is 24.2 Å². The van der Waals surface area contributed by atoms with Crippen LogP contribution in [0.25, 0.3) is 22.2 Å². The molecule has 3 aromatic rings. The first-order chi connectivity index (χ1) is 19.0. The normalized spacial score (nSPS) is 13.2. The number of rotatable bonds is 17. The topological polar surface area (TPSA) is 78.6 Å². The second kappa shape index (κ2) is 14.9. The number of ether oxygens (including phenoxy) is 2. The summed E-state index contributed by atoms with van der Waals surface area (Å²) in [7, 11) is 0. The number of fused-ring (bicyclic) bond motifs is 1. The van der Waals surface area contributed by atoms with Crippen LogP contribution in [0.1, 0.15) is 102 Å². The smallest absolute Gasteiger partial charge is 0.345 e. The number of nitrogens with zero attached hydrogens (tertiary/aromatic N) is 1. The van der Waals surface area contributed by atoms with E-state index >= 15 is 0 Å². The van der Waals surface area contributed by atoms with E-state index in [0.717, 1.165) is 36.6 Å². The number of esters is 1. The maximum atomic E-state index is 12.7. The molecular formula is C33H43NO5. The fourth-order valence-corrected chi connectivity index (χ4v) is 4.78. The Hall–Kier alpha value is -3.15. The van der Waals surface area contributed by atoms with Gasteiger partial charge < -0.3 is 13.9 Å². The highest BCUT2D eigenvalue weighted by atomic mass is 16.5. The molecule has 2 heterocycles. The van der Waals surface area contributed by atoms with Gasteiger partial charge in [-0.2, -0.15) is 4.98 Å². The van der Waals surface area contributed by atoms with E-state index < -0.39 is 0 Å². The highest BCUT2D eigenvalue weighted by molar-refractivity contribution is 5.79. The molecule has 0 radical (unpaired) electrons. The molecule has 1 aliphatic carbocycles. The predicted molar refractivity (Wildman–Crippen MR) is 155 cm³/mol. The van der Waals surface area contributed by atoms with Crippen molar-refractivity contribution in [2.45, 2.75) is 96.8 Å². The van der Waals surface area contributed by atoms with Crippen LogP contribution >= 0.6 is 0 Å². The number of hydrogen-bond donors (Lipinski definition) is 0. The highest BCUT2D eigenvalue weighted by Gasteiger charge is 2.23. The van der Waals surface area contributed by atoms with Gasteiger partial charge in [-0.15, -0.1) is 0 Å². The van der Waals surface area contributed by atoms with Crippen molar-refractivity contribution >= 4 is 17.1 Å². The number of hydrogen-bond acceptors (Lipinski definition) is 6. The lowest BCUT2D eigenvalue weighted by atomic mass is 10.0. The zero-order valence-corrected chi connectivity index (χ0v) is 23.6. The van der Waals surface area contributed by atoms with E-state index in [1.807, 2.05) is 44.2 Å². The molecule has 0 spiro atoms. The van der Waals surface area contributed by atoms with Crippen molar-refractivity contribution in [2.75, 3.05) is 13.2 Å². The Bertz CT molecular complexity index is 1260. The number of carbonyl (C=O) groups is 1. The molecule has 39 heavy (non-hydrogen) atoms. The molecule has 0 unspecified atom stereocenters. The highest BCUT2D eigenvalue weighted by Crippen LogP contribution is 2.41. The summed E-state index contributed by atoms with van der Waals surface area (Å²) in [6.07, 6.45) is 14.1. The molecule has 0 N–H and O–H groups in total. The maximum absolute atomic E-state index is 12.7. The molecule has 1 aliphatic rings. The van der Waals surface area contributed by atoms with Gasteiger partial charge in [-0.3, -0.25) is 4.79 Å². The third-order valence-corrected chi connectivity index (χ3v) is 7.32. The molecule has 0 saturated heterocycles. The Morgan fingerprint density at radius 3 is 2.23 bits per heavy atom. The van der Waals surface area contributed by atoms with Crippen LogP contribution in [0, 0.1) is 5.92 Å². The van der Waals surface area contributed by atoms with Crippen molar-refractivity contribution in [3.05, 3.63) is 58.4 Å². The summed E-state index contributed by atoms with van der Waals surface area (Å²) in [5, 5.41) is 0.795. The number of aromatic nitrogens is 1. The van der Waals surface area contributed by atoms with Crippen molar-refractivity contribution in [1.29, 1.82) is 0 Å². The summed E-state index contributed by atoms with van der Waals surface area (Å²) in [6, 6.07) is 13.9. The van der Waals surface area contributed by atoms with Gasteiger partial charge >= 0.3 is 11.6 Å². The standard InChI is InChI=1S/C33H43NO5/c1-24(2)32(35)38-21-12-10-8-6-4-3-5-7-9-11-20-37-30-19-18-28-23-29(33(36)39-31(28)34-30)27-15-13-14-26(22-27)25-16-17-25/h13-15,18-19,22-25H,3-12,16-17,20-21H2,1-2H3. The molecule has 210 valence electrons. The van der Waals surface area contributed by atoms with Gasteiger partial charge in [0, 0.05) is 11.5 Å². The number of unbranched alkanes of at least 4 members (excludes halogenated alkanes) is 9. The summed E-state index contributed by atoms with van der Waals surface area (Å²) in [6.45, 7) is 4.89. The number of carbonyl (C=O) groups excluding carboxylic acids is 1. The molecule has 1 saturated carbocycles. The van der Waals surface area contributed by atoms with Crippen LogP contribution in [0.3, 0.4) is 0 Å². The third kappa shape index (κ3) is 9.22. The zero-order valence-electron chi connectivity index (χ0n) is 23.6. The van der Waals surface area contributed by atoms with E-state index in [1.54, 1.807) is 0 Å². The summed E-state index contributed by atoms with van der Waals surface area (Å²) >= 11 is 0. The van der Waals surface area contributed by atoms with Gasteiger partial charge in [0.1, 0.15) is 0 Å². The zero-order chi connectivity index (χ0) is 27.5. The van der Waals surface area contributed by atoms with Gasteiger partial charge in [-0.05, 0) is 54.9 Å². The van der Waals surface area contributed by atoms with E-state index in [1.165, 1.54) is 56.9 Å². The van der Waals surface area contributed by atoms with Crippen LogP contribution in [-0.2, 0) is 9.53 Å². The van der Waals surface area contributed by atoms with E-state index in [-0.39, 0.29) is 17.5 Å². The van der Waals surface area contributed by atoms with Crippen molar-refractivity contribution in [1.82, 2.24) is 4.98 Å². The van der Waals surface area contributed by atoms with Crippen LogP contribution < -0.4 is 10.4 Å². The molecule has 6 nitrogen and oxygen atoms in total. The lowest BCUT2D eigenvalue weighted by molar-refractivity contribution is -0.147. The van der Waals surface area contributed by atoms with Crippen molar-refractivity contribution < 1.29 is 18.7 Å². The second-order valence-electron chi connectivity index (χ2n) is 11.1. The number of benzene rings is 1. The predicted octanol–water partition coefficient (Wildman–Crippen LogP) is 8.21. The molecule has 0 aliphatic heterocycles. The minimum absolute atomic E-state index is 0.0367. The van der Waals surface area contributed by atoms with Crippen molar-refractivity contribution in [3.63, 3.8) is 0 Å². The van der Waals surface area contributed by atoms with Gasteiger partial charge in [-0.25, -0.2) is 4.79 Å². The first-order valence-electron chi connectivity index (χ1n) is 14.9. The number of pyridine rings is 1. The van der Waals surface area contributed by atoms with Crippen LogP contribution in [0.5, 0.6) is 5.88 Å². The van der Waals surface area contributed by atoms with Crippen molar-refractivity contribution in [2.24, 2.45) is 5.92 Å². The summed E-state index contributed by atoms with van der Waals surface area (Å²) in [5.41, 5.74) is 2.72. The van der Waals surface area contributed by atoms with E-state index in [4.69, 9.17) is 13.9 Å². The SMILES string of the molecule is CC(C)C(=O)OCCCCCCCCCCCCOc1ccc2cc(-c3cccc(C4CC4)c3)c(=O)oc2n1. The minimum atomic E-state index is -0.368. The minimum Gasteiger partial charge on any atom is -0.478 e. The summed E-state index contributed by atoms with van der Waals surface area (Å²) < 4.78 is 16.6. The summed E-state index contributed by atoms with van der Waals surface area (Å²) in [5.74, 6) is 0.995. The Balaban J connectivity index is 1.09. The van der Waals surface area contributed by atoms with Gasteiger partial charge in [0.25, 0.3) is 0 Å². The van der Waals surface area contributed by atoms with E-state index in [2.05, 4.69) is 17.1 Å². The Labute approximate surface area is 232 Å². The van der Waals surface area contributed by atoms with Gasteiger partial charge in [0.2, 0.25) is 11.6 Å². The molecule has 4 rings (SSSR count).